The van der Waals surface area contributed by atoms with Crippen LogP contribution in [-0.4, -0.2) is 67.4 Å². The Hall–Kier alpha value is -3.29. The molecule has 1 fully saturated rings. The van der Waals surface area contributed by atoms with Crippen molar-refractivity contribution in [3.63, 3.8) is 0 Å². The van der Waals surface area contributed by atoms with E-state index in [1.807, 2.05) is 6.07 Å². The molecule has 1 saturated heterocycles. The number of hydrogen-bond acceptors (Lipinski definition) is 6. The summed E-state index contributed by atoms with van der Waals surface area (Å²) in [7, 11) is 0. The molecule has 4 aromatic rings. The summed E-state index contributed by atoms with van der Waals surface area (Å²) in [6, 6.07) is 18.9. The van der Waals surface area contributed by atoms with Gasteiger partial charge in [0, 0.05) is 72.3 Å². The number of pyridine rings is 1. The third-order valence-corrected chi connectivity index (χ3v) is 6.65. The van der Waals surface area contributed by atoms with E-state index in [9.17, 15) is 0 Å². The first kappa shape index (κ1) is 24.4. The van der Waals surface area contributed by atoms with Gasteiger partial charge in [-0.15, -0.1) is 0 Å². The van der Waals surface area contributed by atoms with E-state index < -0.39 is 0 Å². The van der Waals surface area contributed by atoms with Gasteiger partial charge in [-0.1, -0.05) is 32.0 Å². The molecule has 7 nitrogen and oxygen atoms in total. The number of ether oxygens (including phenoxy) is 2. The molecule has 0 amide bonds. The van der Waals surface area contributed by atoms with Crippen molar-refractivity contribution >= 4 is 39.1 Å². The number of nitrogens with zero attached hydrogens (tertiary/aromatic N) is 3. The Balaban J connectivity index is 1.39. The predicted molar refractivity (Wildman–Crippen MR) is 149 cm³/mol. The van der Waals surface area contributed by atoms with E-state index in [0.29, 0.717) is 6.61 Å². The van der Waals surface area contributed by atoms with Crippen LogP contribution in [0.1, 0.15) is 26.7 Å². The van der Waals surface area contributed by atoms with E-state index in [0.717, 1.165) is 92.9 Å². The van der Waals surface area contributed by atoms with Crippen LogP contribution >= 0.6 is 0 Å². The molecule has 3 heterocycles. The normalized spacial score (nSPS) is 14.4. The van der Waals surface area contributed by atoms with Crippen molar-refractivity contribution in [3.05, 3.63) is 54.6 Å². The molecule has 2 N–H and O–H groups in total. The summed E-state index contributed by atoms with van der Waals surface area (Å²) < 4.78 is 11.7. The second kappa shape index (κ2) is 11.6. The minimum atomic E-state index is 0.645. The zero-order valence-corrected chi connectivity index (χ0v) is 21.4. The van der Waals surface area contributed by atoms with Gasteiger partial charge in [0.15, 0.2) is 0 Å². The lowest BCUT2D eigenvalue weighted by atomic mass is 10.1. The van der Waals surface area contributed by atoms with Crippen LogP contribution in [0.15, 0.2) is 54.6 Å². The number of hydrogen-bond donors (Lipinski definition) is 2. The van der Waals surface area contributed by atoms with E-state index in [1.54, 1.807) is 0 Å². The monoisotopic (exact) mass is 487 g/mol. The summed E-state index contributed by atoms with van der Waals surface area (Å²) in [4.78, 5) is 13.2. The number of nitrogens with one attached hydrogen (secondary N) is 2. The minimum absolute atomic E-state index is 0.645. The summed E-state index contributed by atoms with van der Waals surface area (Å²) in [5, 5.41) is 5.98. The zero-order chi connectivity index (χ0) is 24.7. The molecule has 5 rings (SSSR count). The molecule has 0 unspecified atom stereocenters. The lowest BCUT2D eigenvalue weighted by Gasteiger charge is -2.27. The smallest absolute Gasteiger partial charge is 0.136 e. The fourth-order valence-corrected chi connectivity index (χ4v) is 4.87. The van der Waals surface area contributed by atoms with Crippen molar-refractivity contribution in [1.29, 1.82) is 0 Å². The van der Waals surface area contributed by atoms with Crippen LogP contribution in [-0.2, 0) is 4.74 Å². The number of anilines is 3. The maximum atomic E-state index is 6.26. The summed E-state index contributed by atoms with van der Waals surface area (Å²) in [6.07, 6.45) is 2.15. The lowest BCUT2D eigenvalue weighted by molar-refractivity contribution is 0.0322. The Kier molecular flexibility index (Phi) is 7.88. The van der Waals surface area contributed by atoms with E-state index in [1.165, 1.54) is 10.8 Å². The Labute approximate surface area is 213 Å². The van der Waals surface area contributed by atoms with E-state index in [-0.39, 0.29) is 0 Å². The van der Waals surface area contributed by atoms with Crippen LogP contribution in [0.5, 0.6) is 5.75 Å². The number of morpholine rings is 1. The molecular weight excluding hydrogens is 450 g/mol. The standard InChI is InChI=1S/C29H37N5O2/c1-3-11-34(12-4-2)29-21-23(36-18-15-33-13-16-35-17-14-33)20-28(32-29)30-22-9-10-27-25(19-22)24-7-5-6-8-26(24)31-27/h5-10,19-21,31H,3-4,11-18H2,1-2H3,(H,30,32). The molecule has 190 valence electrons. The summed E-state index contributed by atoms with van der Waals surface area (Å²) in [5.74, 6) is 2.60. The second-order valence-electron chi connectivity index (χ2n) is 9.39. The van der Waals surface area contributed by atoms with Gasteiger partial charge in [0.2, 0.25) is 0 Å². The molecule has 0 bridgehead atoms. The maximum absolute atomic E-state index is 6.26. The zero-order valence-electron chi connectivity index (χ0n) is 21.4. The largest absolute Gasteiger partial charge is 0.492 e. The van der Waals surface area contributed by atoms with Gasteiger partial charge < -0.3 is 24.7 Å². The first-order valence-electron chi connectivity index (χ1n) is 13.2. The number of H-pyrrole nitrogens is 1. The van der Waals surface area contributed by atoms with Gasteiger partial charge >= 0.3 is 0 Å². The summed E-state index contributed by atoms with van der Waals surface area (Å²) in [6.45, 7) is 11.4. The van der Waals surface area contributed by atoms with Crippen LogP contribution in [0, 0.1) is 0 Å². The van der Waals surface area contributed by atoms with E-state index in [2.05, 4.69) is 82.5 Å². The lowest BCUT2D eigenvalue weighted by Crippen LogP contribution is -2.38. The van der Waals surface area contributed by atoms with Crippen LogP contribution in [0.4, 0.5) is 17.3 Å². The molecule has 2 aromatic carbocycles. The van der Waals surface area contributed by atoms with Crippen molar-refractivity contribution in [2.24, 2.45) is 0 Å². The highest BCUT2D eigenvalue weighted by Crippen LogP contribution is 2.30. The molecule has 0 atom stereocenters. The fraction of sp³-hybridized carbons (Fsp3) is 0.414. The van der Waals surface area contributed by atoms with Gasteiger partial charge in [-0.25, -0.2) is 4.98 Å². The molecule has 0 spiro atoms. The van der Waals surface area contributed by atoms with Crippen LogP contribution < -0.4 is 15.0 Å². The summed E-state index contributed by atoms with van der Waals surface area (Å²) in [5.41, 5.74) is 3.29. The third kappa shape index (κ3) is 5.74. The molecule has 0 radical (unpaired) electrons. The van der Waals surface area contributed by atoms with Crippen LogP contribution in [0.25, 0.3) is 21.8 Å². The van der Waals surface area contributed by atoms with Crippen molar-refractivity contribution in [2.45, 2.75) is 26.7 Å². The fourth-order valence-electron chi connectivity index (χ4n) is 4.87. The molecule has 1 aliphatic rings. The average molecular weight is 488 g/mol. The first-order valence-corrected chi connectivity index (χ1v) is 13.2. The van der Waals surface area contributed by atoms with Crippen molar-refractivity contribution in [1.82, 2.24) is 14.9 Å². The van der Waals surface area contributed by atoms with Gasteiger partial charge in [0.1, 0.15) is 24.0 Å². The van der Waals surface area contributed by atoms with Crippen molar-refractivity contribution in [3.8, 4) is 5.75 Å². The van der Waals surface area contributed by atoms with Crippen LogP contribution in [0.3, 0.4) is 0 Å². The molecule has 36 heavy (non-hydrogen) atoms. The SMILES string of the molecule is CCCN(CCC)c1cc(OCCN2CCOCC2)cc(Nc2ccc3[nH]c4ccccc4c3c2)n1. The first-order chi connectivity index (χ1) is 17.7. The van der Waals surface area contributed by atoms with Gasteiger partial charge in [-0.3, -0.25) is 4.90 Å². The Morgan fingerprint density at radius 2 is 1.75 bits per heavy atom. The molecule has 0 saturated carbocycles. The number of aromatic amines is 1. The molecule has 1 aliphatic heterocycles. The highest BCUT2D eigenvalue weighted by atomic mass is 16.5. The summed E-state index contributed by atoms with van der Waals surface area (Å²) >= 11 is 0. The number of fused-ring (bicyclic) bond motifs is 3. The third-order valence-electron chi connectivity index (χ3n) is 6.65. The Morgan fingerprint density at radius 3 is 2.56 bits per heavy atom. The highest BCUT2D eigenvalue weighted by Gasteiger charge is 2.13. The molecule has 2 aromatic heterocycles. The van der Waals surface area contributed by atoms with Gasteiger partial charge in [0.05, 0.1) is 13.2 Å². The van der Waals surface area contributed by atoms with E-state index in [4.69, 9.17) is 14.5 Å². The van der Waals surface area contributed by atoms with Gasteiger partial charge in [-0.05, 0) is 37.1 Å². The van der Waals surface area contributed by atoms with Gasteiger partial charge in [-0.2, -0.15) is 0 Å². The number of rotatable bonds is 11. The minimum Gasteiger partial charge on any atom is -0.492 e. The Bertz CT molecular complexity index is 1280. The quantitative estimate of drug-likeness (QED) is 0.279. The average Bonchev–Trinajstić information content (AvgIpc) is 3.27. The number of aromatic nitrogens is 2. The number of benzene rings is 2. The number of para-hydroxylation sites is 1. The van der Waals surface area contributed by atoms with Crippen LogP contribution in [0.2, 0.25) is 0 Å². The van der Waals surface area contributed by atoms with Crippen molar-refractivity contribution < 1.29 is 9.47 Å². The molecule has 7 heteroatoms. The highest BCUT2D eigenvalue weighted by molar-refractivity contribution is 6.08. The molecule has 0 aliphatic carbocycles. The maximum Gasteiger partial charge on any atom is 0.136 e. The Morgan fingerprint density at radius 1 is 0.972 bits per heavy atom. The topological polar surface area (TPSA) is 65.7 Å². The second-order valence-corrected chi connectivity index (χ2v) is 9.39. The van der Waals surface area contributed by atoms with E-state index >= 15 is 0 Å². The van der Waals surface area contributed by atoms with Crippen molar-refractivity contribution in [2.75, 3.05) is 62.8 Å². The predicted octanol–water partition coefficient (Wildman–Crippen LogP) is 5.80. The van der Waals surface area contributed by atoms with Gasteiger partial charge in [0.25, 0.3) is 0 Å². The molecular formula is C29H37N5O2.